The lowest BCUT2D eigenvalue weighted by atomic mass is 10.2. The summed E-state index contributed by atoms with van der Waals surface area (Å²) in [5.41, 5.74) is 1.23. The second-order valence-corrected chi connectivity index (χ2v) is 2.95. The summed E-state index contributed by atoms with van der Waals surface area (Å²) in [6.45, 7) is 0. The topological polar surface area (TPSA) is 69.8 Å². The van der Waals surface area contributed by atoms with Gasteiger partial charge in [0.2, 0.25) is 0 Å². The maximum atomic E-state index is 9.10. The van der Waals surface area contributed by atoms with Crippen molar-refractivity contribution in [2.45, 2.75) is 0 Å². The molecule has 0 bridgehead atoms. The molecule has 0 aliphatic rings. The molecule has 0 saturated heterocycles. The molecule has 0 fully saturated rings. The lowest BCUT2D eigenvalue weighted by Gasteiger charge is -1.99. The number of benzene rings is 1. The molecule has 0 spiro atoms. The van der Waals surface area contributed by atoms with Gasteiger partial charge in [0, 0.05) is 18.0 Å². The molecule has 1 aromatic heterocycles. The summed E-state index contributed by atoms with van der Waals surface area (Å²) in [7, 11) is 0. The van der Waals surface area contributed by atoms with E-state index in [4.69, 9.17) is 10.4 Å². The van der Waals surface area contributed by atoms with E-state index >= 15 is 0 Å². The smallest absolute Gasteiger partial charge is 0.159 e. The third-order valence-electron chi connectivity index (χ3n) is 1.91. The van der Waals surface area contributed by atoms with Crippen molar-refractivity contribution in [1.82, 2.24) is 9.97 Å². The van der Waals surface area contributed by atoms with Gasteiger partial charge in [0.25, 0.3) is 0 Å². The molecule has 0 aliphatic carbocycles. The van der Waals surface area contributed by atoms with Gasteiger partial charge in [0.1, 0.15) is 11.8 Å². The van der Waals surface area contributed by atoms with Crippen LogP contribution < -0.4 is 0 Å². The molecule has 72 valence electrons. The zero-order valence-corrected chi connectivity index (χ0v) is 7.75. The van der Waals surface area contributed by atoms with Gasteiger partial charge in [0.15, 0.2) is 5.82 Å². The van der Waals surface area contributed by atoms with E-state index in [1.54, 1.807) is 24.3 Å². The van der Waals surface area contributed by atoms with Crippen LogP contribution in [0.25, 0.3) is 11.4 Å². The maximum absolute atomic E-state index is 9.10. The Labute approximate surface area is 86.5 Å². The molecule has 4 heteroatoms. The van der Waals surface area contributed by atoms with Crippen molar-refractivity contribution in [2.24, 2.45) is 0 Å². The van der Waals surface area contributed by atoms with Crippen LogP contribution in [0.15, 0.2) is 36.7 Å². The molecule has 0 saturated carbocycles. The molecule has 0 atom stereocenters. The van der Waals surface area contributed by atoms with E-state index in [1.165, 1.54) is 12.4 Å². The second kappa shape index (κ2) is 3.76. The minimum absolute atomic E-state index is 0.201. The number of hydrogen-bond donors (Lipinski definition) is 1. The van der Waals surface area contributed by atoms with Crippen molar-refractivity contribution in [1.29, 1.82) is 5.26 Å². The Bertz CT molecular complexity index is 497. The molecule has 0 radical (unpaired) electrons. The minimum Gasteiger partial charge on any atom is -0.508 e. The largest absolute Gasteiger partial charge is 0.508 e. The first-order chi connectivity index (χ1) is 7.29. The highest BCUT2D eigenvalue weighted by Crippen LogP contribution is 2.17. The number of aromatic nitrogens is 2. The molecule has 2 rings (SSSR count). The highest BCUT2D eigenvalue weighted by atomic mass is 16.3. The molecule has 4 nitrogen and oxygen atoms in total. The molecule has 0 unspecified atom stereocenters. The van der Waals surface area contributed by atoms with Gasteiger partial charge in [-0.05, 0) is 24.3 Å². The zero-order chi connectivity index (χ0) is 10.7. The van der Waals surface area contributed by atoms with Crippen LogP contribution in [0.2, 0.25) is 0 Å². The number of nitrogens with zero attached hydrogens (tertiary/aromatic N) is 3. The van der Waals surface area contributed by atoms with Crippen molar-refractivity contribution >= 4 is 0 Å². The first-order valence-corrected chi connectivity index (χ1v) is 4.31. The van der Waals surface area contributed by atoms with Crippen LogP contribution in [0, 0.1) is 11.3 Å². The predicted octanol–water partition coefficient (Wildman–Crippen LogP) is 1.72. The number of rotatable bonds is 1. The van der Waals surface area contributed by atoms with Gasteiger partial charge in [-0.2, -0.15) is 5.26 Å². The fourth-order valence-electron chi connectivity index (χ4n) is 1.15. The number of hydrogen-bond acceptors (Lipinski definition) is 4. The minimum atomic E-state index is 0.201. The van der Waals surface area contributed by atoms with Crippen molar-refractivity contribution in [3.63, 3.8) is 0 Å². The Kier molecular flexibility index (Phi) is 2.30. The molecule has 0 aliphatic heterocycles. The summed E-state index contributed by atoms with van der Waals surface area (Å²) >= 11 is 0. The van der Waals surface area contributed by atoms with Crippen molar-refractivity contribution < 1.29 is 5.11 Å². The summed E-state index contributed by atoms with van der Waals surface area (Å²) in [5.74, 6) is 0.737. The zero-order valence-electron chi connectivity index (χ0n) is 7.75. The van der Waals surface area contributed by atoms with Gasteiger partial charge in [-0.25, -0.2) is 9.97 Å². The lowest BCUT2D eigenvalue weighted by Crippen LogP contribution is -1.88. The molecule has 2 aromatic rings. The molecular formula is C11H7N3O. The van der Waals surface area contributed by atoms with Gasteiger partial charge in [-0.1, -0.05) is 0 Å². The van der Waals surface area contributed by atoms with Gasteiger partial charge >= 0.3 is 0 Å². The van der Waals surface area contributed by atoms with E-state index in [9.17, 15) is 0 Å². The van der Waals surface area contributed by atoms with E-state index in [0.717, 1.165) is 5.56 Å². The van der Waals surface area contributed by atoms with E-state index < -0.39 is 0 Å². The Morgan fingerprint density at radius 1 is 1.07 bits per heavy atom. The van der Waals surface area contributed by atoms with E-state index in [-0.39, 0.29) is 5.75 Å². The van der Waals surface area contributed by atoms with Crippen molar-refractivity contribution in [3.05, 3.63) is 42.2 Å². The van der Waals surface area contributed by atoms with Crippen LogP contribution >= 0.6 is 0 Å². The molecule has 15 heavy (non-hydrogen) atoms. The number of phenols is 1. The summed E-state index contributed by atoms with van der Waals surface area (Å²) in [6.07, 6.45) is 2.93. The highest BCUT2D eigenvalue weighted by Gasteiger charge is 2.00. The Morgan fingerprint density at radius 3 is 2.20 bits per heavy atom. The first-order valence-electron chi connectivity index (χ1n) is 4.31. The first kappa shape index (κ1) is 9.16. The van der Waals surface area contributed by atoms with Gasteiger partial charge in [-0.15, -0.1) is 0 Å². The number of nitriles is 1. The van der Waals surface area contributed by atoms with Gasteiger partial charge < -0.3 is 5.11 Å². The molecule has 1 heterocycles. The van der Waals surface area contributed by atoms with E-state index in [2.05, 4.69) is 9.97 Å². The maximum Gasteiger partial charge on any atom is 0.159 e. The fourth-order valence-corrected chi connectivity index (χ4v) is 1.15. The molecule has 1 N–H and O–H groups in total. The van der Waals surface area contributed by atoms with Crippen LogP contribution in [0.1, 0.15) is 5.56 Å². The summed E-state index contributed by atoms with van der Waals surface area (Å²) in [4.78, 5) is 8.07. The standard InChI is InChI=1S/C11H7N3O/c12-5-8-6-13-11(14-7-8)9-1-3-10(15)4-2-9/h1-4,6-7,15H. The van der Waals surface area contributed by atoms with Gasteiger partial charge in [-0.3, -0.25) is 0 Å². The van der Waals surface area contributed by atoms with Crippen LogP contribution in [0.3, 0.4) is 0 Å². The molecule has 1 aromatic carbocycles. The highest BCUT2D eigenvalue weighted by molar-refractivity contribution is 5.55. The van der Waals surface area contributed by atoms with Crippen LogP contribution in [0.5, 0.6) is 5.75 Å². The molecule has 0 amide bonds. The SMILES string of the molecule is N#Cc1cnc(-c2ccc(O)cc2)nc1. The summed E-state index contributed by atoms with van der Waals surface area (Å²) in [6, 6.07) is 8.52. The van der Waals surface area contributed by atoms with Crippen LogP contribution in [-0.4, -0.2) is 15.1 Å². The van der Waals surface area contributed by atoms with Crippen molar-refractivity contribution in [2.75, 3.05) is 0 Å². The van der Waals surface area contributed by atoms with Crippen LogP contribution in [-0.2, 0) is 0 Å². The van der Waals surface area contributed by atoms with Crippen LogP contribution in [0.4, 0.5) is 0 Å². The average Bonchev–Trinajstić information content (AvgIpc) is 2.30. The average molecular weight is 197 g/mol. The lowest BCUT2D eigenvalue weighted by molar-refractivity contribution is 0.475. The third-order valence-corrected chi connectivity index (χ3v) is 1.91. The quantitative estimate of drug-likeness (QED) is 0.755. The fraction of sp³-hybridized carbons (Fsp3) is 0. The second-order valence-electron chi connectivity index (χ2n) is 2.95. The third kappa shape index (κ3) is 1.92. The number of aromatic hydroxyl groups is 1. The number of phenolic OH excluding ortho intramolecular Hbond substituents is 1. The van der Waals surface area contributed by atoms with Gasteiger partial charge in [0.05, 0.1) is 5.56 Å². The Morgan fingerprint density at radius 2 is 1.67 bits per heavy atom. The normalized spacial score (nSPS) is 9.53. The van der Waals surface area contributed by atoms with E-state index in [1.807, 2.05) is 6.07 Å². The summed E-state index contributed by atoms with van der Waals surface area (Å²) in [5, 5.41) is 17.7. The monoisotopic (exact) mass is 197 g/mol. The summed E-state index contributed by atoms with van der Waals surface area (Å²) < 4.78 is 0. The predicted molar refractivity (Wildman–Crippen MR) is 53.8 cm³/mol. The van der Waals surface area contributed by atoms with Crippen molar-refractivity contribution in [3.8, 4) is 23.2 Å². The molecular weight excluding hydrogens is 190 g/mol. The van der Waals surface area contributed by atoms with E-state index in [0.29, 0.717) is 11.4 Å². The Balaban J connectivity index is 2.38. The Hall–Kier alpha value is -2.41.